The van der Waals surface area contributed by atoms with Crippen LogP contribution in [0, 0.1) is 0 Å². The fourth-order valence-electron chi connectivity index (χ4n) is 3.42. The van der Waals surface area contributed by atoms with Crippen molar-refractivity contribution in [2.75, 3.05) is 13.7 Å². The number of rotatable bonds is 7. The third kappa shape index (κ3) is 5.07. The summed E-state index contributed by atoms with van der Waals surface area (Å²) in [5, 5.41) is 7.67. The van der Waals surface area contributed by atoms with Crippen LogP contribution in [0.2, 0.25) is 5.02 Å². The van der Waals surface area contributed by atoms with Gasteiger partial charge in [-0.1, -0.05) is 54.1 Å². The molecule has 4 N–H and O–H groups in total. The molecule has 0 aromatic heterocycles. The molecule has 0 saturated carbocycles. The summed E-state index contributed by atoms with van der Waals surface area (Å²) < 4.78 is 4.60. The SMILES string of the molecule is COC(=O)[C@H](CN)NC(=O)c1ccc(C(=O)N[C@H](C)c2cccc3ccccc23)cc1Cl. The van der Waals surface area contributed by atoms with E-state index in [2.05, 4.69) is 15.4 Å². The minimum absolute atomic E-state index is 0.0774. The number of nitrogens with two attached hydrogens (primary N) is 1. The summed E-state index contributed by atoms with van der Waals surface area (Å²) in [7, 11) is 1.21. The number of amides is 2. The summed E-state index contributed by atoms with van der Waals surface area (Å²) in [6.45, 7) is 1.78. The van der Waals surface area contributed by atoms with Gasteiger partial charge in [-0.25, -0.2) is 4.79 Å². The summed E-state index contributed by atoms with van der Waals surface area (Å²) in [5.41, 5.74) is 6.93. The van der Waals surface area contributed by atoms with Gasteiger partial charge in [-0.3, -0.25) is 9.59 Å². The Kier molecular flexibility index (Phi) is 7.45. The van der Waals surface area contributed by atoms with Crippen LogP contribution < -0.4 is 16.4 Å². The molecule has 7 nitrogen and oxygen atoms in total. The molecule has 32 heavy (non-hydrogen) atoms. The fraction of sp³-hybridized carbons (Fsp3) is 0.208. The van der Waals surface area contributed by atoms with E-state index in [0.29, 0.717) is 5.56 Å². The first-order valence-electron chi connectivity index (χ1n) is 10.0. The van der Waals surface area contributed by atoms with Crippen molar-refractivity contribution in [1.82, 2.24) is 10.6 Å². The molecule has 8 heteroatoms. The summed E-state index contributed by atoms with van der Waals surface area (Å²) in [6.07, 6.45) is 0. The van der Waals surface area contributed by atoms with Crippen LogP contribution in [-0.4, -0.2) is 37.5 Å². The first kappa shape index (κ1) is 23.2. The summed E-state index contributed by atoms with van der Waals surface area (Å²) in [6, 6.07) is 17.0. The molecule has 0 fully saturated rings. The van der Waals surface area contributed by atoms with Gasteiger partial charge in [0.2, 0.25) is 0 Å². The molecular formula is C24H24ClN3O4. The van der Waals surface area contributed by atoms with E-state index in [1.807, 2.05) is 49.4 Å². The topological polar surface area (TPSA) is 111 Å². The number of halogens is 1. The van der Waals surface area contributed by atoms with Gasteiger partial charge in [0.05, 0.1) is 23.7 Å². The van der Waals surface area contributed by atoms with Crippen LogP contribution in [-0.2, 0) is 9.53 Å². The molecule has 0 spiro atoms. The Morgan fingerprint density at radius 3 is 2.41 bits per heavy atom. The van der Waals surface area contributed by atoms with E-state index in [4.69, 9.17) is 17.3 Å². The van der Waals surface area contributed by atoms with Gasteiger partial charge in [0, 0.05) is 12.1 Å². The van der Waals surface area contributed by atoms with Crippen molar-refractivity contribution in [2.24, 2.45) is 5.73 Å². The van der Waals surface area contributed by atoms with E-state index in [1.54, 1.807) is 0 Å². The van der Waals surface area contributed by atoms with Crippen LogP contribution in [0.5, 0.6) is 0 Å². The van der Waals surface area contributed by atoms with E-state index in [0.717, 1.165) is 16.3 Å². The molecular weight excluding hydrogens is 430 g/mol. The maximum atomic E-state index is 12.8. The highest BCUT2D eigenvalue weighted by Crippen LogP contribution is 2.25. The second-order valence-electron chi connectivity index (χ2n) is 7.24. The van der Waals surface area contributed by atoms with Crippen LogP contribution >= 0.6 is 11.6 Å². The van der Waals surface area contributed by atoms with E-state index < -0.39 is 17.9 Å². The molecule has 2 amide bonds. The predicted molar refractivity (Wildman–Crippen MR) is 124 cm³/mol. The molecule has 2 atom stereocenters. The molecule has 0 aliphatic heterocycles. The maximum absolute atomic E-state index is 12.8. The van der Waals surface area contributed by atoms with Gasteiger partial charge in [-0.05, 0) is 41.5 Å². The monoisotopic (exact) mass is 453 g/mol. The van der Waals surface area contributed by atoms with Crippen molar-refractivity contribution >= 4 is 40.2 Å². The van der Waals surface area contributed by atoms with Crippen LogP contribution in [0.1, 0.15) is 39.2 Å². The number of carbonyl (C=O) groups is 3. The normalized spacial score (nSPS) is 12.6. The first-order chi connectivity index (χ1) is 15.3. The quantitative estimate of drug-likeness (QED) is 0.476. The number of hydrogen-bond donors (Lipinski definition) is 3. The molecule has 0 saturated heterocycles. The molecule has 0 unspecified atom stereocenters. The number of benzene rings is 3. The number of esters is 1. The van der Waals surface area contributed by atoms with E-state index in [1.165, 1.54) is 25.3 Å². The Balaban J connectivity index is 1.74. The summed E-state index contributed by atoms with van der Waals surface area (Å²) >= 11 is 6.25. The number of hydrogen-bond acceptors (Lipinski definition) is 5. The number of nitrogens with one attached hydrogen (secondary N) is 2. The van der Waals surface area contributed by atoms with Crippen LogP contribution in [0.3, 0.4) is 0 Å². The molecule has 0 radical (unpaired) electrons. The van der Waals surface area contributed by atoms with Gasteiger partial charge in [-0.2, -0.15) is 0 Å². The lowest BCUT2D eigenvalue weighted by molar-refractivity contribution is -0.142. The number of ether oxygens (including phenoxy) is 1. The lowest BCUT2D eigenvalue weighted by atomic mass is 9.99. The highest BCUT2D eigenvalue weighted by molar-refractivity contribution is 6.34. The highest BCUT2D eigenvalue weighted by atomic mass is 35.5. The molecule has 166 valence electrons. The van der Waals surface area contributed by atoms with Crippen molar-refractivity contribution in [3.05, 3.63) is 82.4 Å². The summed E-state index contributed by atoms with van der Waals surface area (Å²) in [5.74, 6) is -1.57. The Morgan fingerprint density at radius 2 is 1.72 bits per heavy atom. The molecule has 0 heterocycles. The van der Waals surface area contributed by atoms with Gasteiger partial charge in [0.25, 0.3) is 11.8 Å². The molecule has 0 bridgehead atoms. The van der Waals surface area contributed by atoms with Crippen LogP contribution in [0.15, 0.2) is 60.7 Å². The second kappa shape index (κ2) is 10.3. The molecule has 3 rings (SSSR count). The molecule has 0 aliphatic rings. The maximum Gasteiger partial charge on any atom is 0.329 e. The fourth-order valence-corrected chi connectivity index (χ4v) is 3.68. The van der Waals surface area contributed by atoms with E-state index in [9.17, 15) is 14.4 Å². The minimum Gasteiger partial charge on any atom is -0.467 e. The smallest absolute Gasteiger partial charge is 0.329 e. The van der Waals surface area contributed by atoms with Gasteiger partial charge < -0.3 is 21.1 Å². The van der Waals surface area contributed by atoms with Gasteiger partial charge in [0.1, 0.15) is 6.04 Å². The Hall–Kier alpha value is -3.42. The van der Waals surface area contributed by atoms with Gasteiger partial charge >= 0.3 is 5.97 Å². The van der Waals surface area contributed by atoms with E-state index >= 15 is 0 Å². The van der Waals surface area contributed by atoms with Crippen molar-refractivity contribution < 1.29 is 19.1 Å². The highest BCUT2D eigenvalue weighted by Gasteiger charge is 2.22. The molecule has 3 aromatic carbocycles. The van der Waals surface area contributed by atoms with Crippen molar-refractivity contribution in [1.29, 1.82) is 0 Å². The molecule has 3 aromatic rings. The first-order valence-corrected chi connectivity index (χ1v) is 10.4. The Bertz CT molecular complexity index is 1160. The zero-order chi connectivity index (χ0) is 23.3. The number of methoxy groups -OCH3 is 1. The van der Waals surface area contributed by atoms with Crippen LogP contribution in [0.4, 0.5) is 0 Å². The summed E-state index contributed by atoms with van der Waals surface area (Å²) in [4.78, 5) is 36.9. The van der Waals surface area contributed by atoms with Crippen molar-refractivity contribution in [3.63, 3.8) is 0 Å². The third-order valence-electron chi connectivity index (χ3n) is 5.14. The van der Waals surface area contributed by atoms with Gasteiger partial charge in [-0.15, -0.1) is 0 Å². The lowest BCUT2D eigenvalue weighted by Crippen LogP contribution is -2.46. The zero-order valence-corrected chi connectivity index (χ0v) is 18.5. The number of carbonyl (C=O) groups excluding carboxylic acids is 3. The van der Waals surface area contributed by atoms with Crippen molar-refractivity contribution in [2.45, 2.75) is 19.0 Å². The predicted octanol–water partition coefficient (Wildman–Crippen LogP) is 3.21. The minimum atomic E-state index is -0.993. The average Bonchev–Trinajstić information content (AvgIpc) is 2.81. The average molecular weight is 454 g/mol. The Labute approximate surface area is 190 Å². The second-order valence-corrected chi connectivity index (χ2v) is 7.65. The van der Waals surface area contributed by atoms with Crippen LogP contribution in [0.25, 0.3) is 10.8 Å². The van der Waals surface area contributed by atoms with E-state index in [-0.39, 0.29) is 29.1 Å². The standard InChI is InChI=1S/C24H24ClN3O4/c1-14(17-9-5-7-15-6-3-4-8-18(15)17)27-22(29)16-10-11-19(20(25)12-16)23(30)28-21(13-26)24(31)32-2/h3-12,14,21H,13,26H2,1-2H3,(H,27,29)(H,28,30)/t14-,21+/m1/s1. The van der Waals surface area contributed by atoms with Crippen molar-refractivity contribution in [3.8, 4) is 0 Å². The lowest BCUT2D eigenvalue weighted by Gasteiger charge is -2.17. The molecule has 0 aliphatic carbocycles. The zero-order valence-electron chi connectivity index (χ0n) is 17.7. The largest absolute Gasteiger partial charge is 0.467 e. The number of fused-ring (bicyclic) bond motifs is 1. The Morgan fingerprint density at radius 1 is 1.00 bits per heavy atom. The van der Waals surface area contributed by atoms with Gasteiger partial charge in [0.15, 0.2) is 0 Å². The third-order valence-corrected chi connectivity index (χ3v) is 5.45.